The number of carbonyl (C=O) groups is 1. The van der Waals surface area contributed by atoms with Gasteiger partial charge >= 0.3 is 0 Å². The van der Waals surface area contributed by atoms with E-state index in [4.69, 9.17) is 9.26 Å². The molecule has 0 spiro atoms. The zero-order valence-electron chi connectivity index (χ0n) is 13.9. The van der Waals surface area contributed by atoms with Gasteiger partial charge in [-0.2, -0.15) is 0 Å². The maximum absolute atomic E-state index is 12.5. The monoisotopic (exact) mass is 338 g/mol. The van der Waals surface area contributed by atoms with Gasteiger partial charge in [-0.1, -0.05) is 17.3 Å². The number of nitrogens with zero attached hydrogens (tertiary/aromatic N) is 2. The van der Waals surface area contributed by atoms with Gasteiger partial charge < -0.3 is 19.9 Å². The summed E-state index contributed by atoms with van der Waals surface area (Å²) in [7, 11) is 0. The number of benzene rings is 1. The van der Waals surface area contributed by atoms with Crippen molar-refractivity contribution in [2.24, 2.45) is 0 Å². The van der Waals surface area contributed by atoms with Gasteiger partial charge in [-0.05, 0) is 32.0 Å². The SMILES string of the molecule is CCOc1ccccc1NC(=O)c1cncc(Nc2cc(C)on2)c1. The molecule has 0 unspecified atom stereocenters. The van der Waals surface area contributed by atoms with E-state index in [2.05, 4.69) is 20.8 Å². The van der Waals surface area contributed by atoms with E-state index in [1.54, 1.807) is 31.3 Å². The van der Waals surface area contributed by atoms with Crippen LogP contribution in [0.4, 0.5) is 17.2 Å². The van der Waals surface area contributed by atoms with Crippen LogP contribution in [0.25, 0.3) is 0 Å². The van der Waals surface area contributed by atoms with E-state index in [1.807, 2.05) is 25.1 Å². The number of nitrogens with one attached hydrogen (secondary N) is 2. The largest absolute Gasteiger partial charge is 0.492 e. The molecule has 3 rings (SSSR count). The Morgan fingerprint density at radius 1 is 1.24 bits per heavy atom. The summed E-state index contributed by atoms with van der Waals surface area (Å²) in [4.78, 5) is 16.6. The highest BCUT2D eigenvalue weighted by atomic mass is 16.5. The Kier molecular flexibility index (Phi) is 4.94. The maximum atomic E-state index is 12.5. The smallest absolute Gasteiger partial charge is 0.257 e. The van der Waals surface area contributed by atoms with E-state index in [0.29, 0.717) is 40.9 Å². The molecule has 1 aromatic carbocycles. The fourth-order valence-corrected chi connectivity index (χ4v) is 2.25. The maximum Gasteiger partial charge on any atom is 0.257 e. The van der Waals surface area contributed by atoms with Crippen LogP contribution in [0.2, 0.25) is 0 Å². The Labute approximate surface area is 145 Å². The molecule has 2 N–H and O–H groups in total. The molecule has 128 valence electrons. The molecule has 25 heavy (non-hydrogen) atoms. The van der Waals surface area contributed by atoms with Gasteiger partial charge in [0, 0.05) is 12.3 Å². The Morgan fingerprint density at radius 3 is 2.84 bits per heavy atom. The number of para-hydroxylation sites is 2. The van der Waals surface area contributed by atoms with Crippen molar-refractivity contribution < 1.29 is 14.1 Å². The number of aryl methyl sites for hydroxylation is 1. The molecule has 3 aromatic rings. The minimum atomic E-state index is -0.278. The Balaban J connectivity index is 1.75. The molecule has 0 aliphatic carbocycles. The molecule has 1 amide bonds. The third-order valence-electron chi connectivity index (χ3n) is 3.34. The van der Waals surface area contributed by atoms with Crippen molar-refractivity contribution in [1.29, 1.82) is 0 Å². The lowest BCUT2D eigenvalue weighted by atomic mass is 10.2. The van der Waals surface area contributed by atoms with Crippen LogP contribution in [0, 0.1) is 6.92 Å². The highest BCUT2D eigenvalue weighted by Crippen LogP contribution is 2.24. The number of anilines is 3. The summed E-state index contributed by atoms with van der Waals surface area (Å²) >= 11 is 0. The molecule has 0 radical (unpaired) electrons. The molecule has 2 heterocycles. The van der Waals surface area contributed by atoms with E-state index in [9.17, 15) is 4.79 Å². The average molecular weight is 338 g/mol. The third-order valence-corrected chi connectivity index (χ3v) is 3.34. The lowest BCUT2D eigenvalue weighted by Gasteiger charge is -2.11. The topological polar surface area (TPSA) is 89.3 Å². The lowest BCUT2D eigenvalue weighted by Crippen LogP contribution is -2.13. The summed E-state index contributed by atoms with van der Waals surface area (Å²) in [6, 6.07) is 10.7. The van der Waals surface area contributed by atoms with Crippen molar-refractivity contribution in [3.63, 3.8) is 0 Å². The van der Waals surface area contributed by atoms with Crippen LogP contribution in [-0.2, 0) is 0 Å². The predicted octanol–water partition coefficient (Wildman–Crippen LogP) is 3.77. The molecule has 7 heteroatoms. The minimum Gasteiger partial charge on any atom is -0.492 e. The molecule has 2 aromatic heterocycles. The molecule has 0 aliphatic heterocycles. The summed E-state index contributed by atoms with van der Waals surface area (Å²) in [5, 5.41) is 9.74. The van der Waals surface area contributed by atoms with Gasteiger partial charge in [0.25, 0.3) is 5.91 Å². The third kappa shape index (κ3) is 4.14. The molecule has 0 fully saturated rings. The molecular formula is C18H18N4O3. The van der Waals surface area contributed by atoms with E-state index >= 15 is 0 Å². The van der Waals surface area contributed by atoms with Crippen molar-refractivity contribution in [1.82, 2.24) is 10.1 Å². The van der Waals surface area contributed by atoms with Crippen LogP contribution < -0.4 is 15.4 Å². The summed E-state index contributed by atoms with van der Waals surface area (Å²) < 4.78 is 10.5. The highest BCUT2D eigenvalue weighted by molar-refractivity contribution is 6.05. The summed E-state index contributed by atoms with van der Waals surface area (Å²) in [6.07, 6.45) is 3.10. The van der Waals surface area contributed by atoms with Crippen molar-refractivity contribution in [2.75, 3.05) is 17.2 Å². The first-order chi connectivity index (χ1) is 12.2. The quantitative estimate of drug-likeness (QED) is 0.711. The van der Waals surface area contributed by atoms with Gasteiger partial charge in [0.05, 0.1) is 29.7 Å². The number of amides is 1. The lowest BCUT2D eigenvalue weighted by molar-refractivity contribution is 0.102. The fourth-order valence-electron chi connectivity index (χ4n) is 2.25. The van der Waals surface area contributed by atoms with E-state index in [1.165, 1.54) is 6.20 Å². The normalized spacial score (nSPS) is 10.3. The molecular weight excluding hydrogens is 320 g/mol. The van der Waals surface area contributed by atoms with Gasteiger partial charge in [-0.25, -0.2) is 0 Å². The first-order valence-electron chi connectivity index (χ1n) is 7.84. The number of rotatable bonds is 6. The summed E-state index contributed by atoms with van der Waals surface area (Å²) in [6.45, 7) is 4.21. The van der Waals surface area contributed by atoms with Crippen LogP contribution in [0.15, 0.2) is 53.3 Å². The second-order valence-electron chi connectivity index (χ2n) is 5.29. The van der Waals surface area contributed by atoms with Crippen LogP contribution in [0.5, 0.6) is 5.75 Å². The number of carbonyl (C=O) groups excluding carboxylic acids is 1. The Hall–Kier alpha value is -3.35. The van der Waals surface area contributed by atoms with Crippen molar-refractivity contribution in [3.05, 3.63) is 60.1 Å². The van der Waals surface area contributed by atoms with Gasteiger partial charge in [-0.15, -0.1) is 0 Å². The van der Waals surface area contributed by atoms with Gasteiger partial charge in [-0.3, -0.25) is 9.78 Å². The van der Waals surface area contributed by atoms with Crippen molar-refractivity contribution >= 4 is 23.1 Å². The Morgan fingerprint density at radius 2 is 2.08 bits per heavy atom. The van der Waals surface area contributed by atoms with Gasteiger partial charge in [0.2, 0.25) is 0 Å². The van der Waals surface area contributed by atoms with Crippen molar-refractivity contribution in [3.8, 4) is 5.75 Å². The highest BCUT2D eigenvalue weighted by Gasteiger charge is 2.11. The fraction of sp³-hybridized carbons (Fsp3) is 0.167. The second-order valence-corrected chi connectivity index (χ2v) is 5.29. The summed E-state index contributed by atoms with van der Waals surface area (Å²) in [5.41, 5.74) is 1.66. The number of hydrogen-bond acceptors (Lipinski definition) is 6. The van der Waals surface area contributed by atoms with E-state index in [-0.39, 0.29) is 5.91 Å². The average Bonchev–Trinajstić information content (AvgIpc) is 3.02. The minimum absolute atomic E-state index is 0.278. The van der Waals surface area contributed by atoms with E-state index in [0.717, 1.165) is 0 Å². The van der Waals surface area contributed by atoms with E-state index < -0.39 is 0 Å². The molecule has 0 aliphatic rings. The van der Waals surface area contributed by atoms with Crippen LogP contribution in [0.1, 0.15) is 23.0 Å². The molecule has 0 atom stereocenters. The van der Waals surface area contributed by atoms with Crippen LogP contribution in [0.3, 0.4) is 0 Å². The zero-order chi connectivity index (χ0) is 17.6. The molecule has 7 nitrogen and oxygen atoms in total. The zero-order valence-corrected chi connectivity index (χ0v) is 13.9. The molecule has 0 saturated carbocycles. The van der Waals surface area contributed by atoms with Crippen LogP contribution in [-0.4, -0.2) is 22.7 Å². The van der Waals surface area contributed by atoms with Gasteiger partial charge in [0.15, 0.2) is 5.82 Å². The second kappa shape index (κ2) is 7.48. The number of pyridine rings is 1. The number of hydrogen-bond donors (Lipinski definition) is 2. The van der Waals surface area contributed by atoms with Gasteiger partial charge in [0.1, 0.15) is 11.5 Å². The molecule has 0 bridgehead atoms. The van der Waals surface area contributed by atoms with Crippen molar-refractivity contribution in [2.45, 2.75) is 13.8 Å². The first-order valence-corrected chi connectivity index (χ1v) is 7.84. The number of ether oxygens (including phenoxy) is 1. The number of aromatic nitrogens is 2. The standard InChI is InChI=1S/C18H18N4O3/c1-3-24-16-7-5-4-6-15(16)21-18(23)13-9-14(11-19-10-13)20-17-8-12(2)25-22-17/h4-11H,3H2,1-2H3,(H,20,22)(H,21,23). The molecule has 0 saturated heterocycles. The Bertz CT molecular complexity index is 876. The first kappa shape index (κ1) is 16.5. The predicted molar refractivity (Wildman–Crippen MR) is 94.3 cm³/mol. The summed E-state index contributed by atoms with van der Waals surface area (Å²) in [5.74, 6) is 1.59. The van der Waals surface area contributed by atoms with Crippen LogP contribution >= 0.6 is 0 Å².